The number of carbonyl (C=O) groups is 1. The summed E-state index contributed by atoms with van der Waals surface area (Å²) in [4.78, 5) is 17.2. The van der Waals surface area contributed by atoms with E-state index in [2.05, 4.69) is 15.7 Å². The molecule has 1 saturated heterocycles. The smallest absolute Gasteiger partial charge is 0.262 e. The van der Waals surface area contributed by atoms with Gasteiger partial charge in [0.1, 0.15) is 0 Å². The molecule has 184 valence electrons. The van der Waals surface area contributed by atoms with Crippen molar-refractivity contribution in [2.45, 2.75) is 39.0 Å². The molecule has 3 aromatic carbocycles. The van der Waals surface area contributed by atoms with Gasteiger partial charge in [0.2, 0.25) is 5.91 Å². The van der Waals surface area contributed by atoms with E-state index in [1.54, 1.807) is 12.1 Å². The summed E-state index contributed by atoms with van der Waals surface area (Å²) in [5.74, 6) is 0.154. The van der Waals surface area contributed by atoms with E-state index in [9.17, 15) is 13.2 Å². The van der Waals surface area contributed by atoms with Gasteiger partial charge in [-0.2, -0.15) is 0 Å². The van der Waals surface area contributed by atoms with Gasteiger partial charge in [0.25, 0.3) is 10.0 Å². The lowest BCUT2D eigenvalue weighted by molar-refractivity contribution is -0.130. The maximum Gasteiger partial charge on any atom is 0.262 e. The quantitative estimate of drug-likeness (QED) is 0.547. The zero-order valence-corrected chi connectivity index (χ0v) is 21.7. The van der Waals surface area contributed by atoms with E-state index < -0.39 is 10.0 Å². The highest BCUT2D eigenvalue weighted by Crippen LogP contribution is 2.26. The van der Waals surface area contributed by atoms with Crippen molar-refractivity contribution in [3.05, 3.63) is 88.5 Å². The maximum atomic E-state index is 13.0. The van der Waals surface area contributed by atoms with Crippen LogP contribution >= 0.6 is 0 Å². The Kier molecular flexibility index (Phi) is 7.17. The Hall–Kier alpha value is -3.32. The minimum Gasteiger partial charge on any atom is -0.368 e. The molecule has 0 atom stereocenters. The van der Waals surface area contributed by atoms with Crippen molar-refractivity contribution in [2.24, 2.45) is 0 Å². The molecule has 35 heavy (non-hydrogen) atoms. The van der Waals surface area contributed by atoms with Crippen molar-refractivity contribution in [3.63, 3.8) is 0 Å². The fourth-order valence-corrected chi connectivity index (χ4v) is 6.37. The minimum absolute atomic E-state index is 0.154. The van der Waals surface area contributed by atoms with Crippen LogP contribution < -0.4 is 9.62 Å². The predicted octanol–water partition coefficient (Wildman–Crippen LogP) is 4.61. The zero-order chi connectivity index (χ0) is 25.2. The van der Waals surface area contributed by atoms with E-state index in [-0.39, 0.29) is 5.91 Å². The molecule has 0 bridgehead atoms. The highest BCUT2D eigenvalue weighted by atomic mass is 32.2. The van der Waals surface area contributed by atoms with Crippen molar-refractivity contribution in [3.8, 4) is 0 Å². The van der Waals surface area contributed by atoms with Crippen LogP contribution in [0.4, 0.5) is 11.4 Å². The molecule has 1 heterocycles. The average Bonchev–Trinajstić information content (AvgIpc) is 2.78. The van der Waals surface area contributed by atoms with Crippen LogP contribution in [-0.2, 0) is 21.2 Å². The highest BCUT2D eigenvalue weighted by molar-refractivity contribution is 7.92. The van der Waals surface area contributed by atoms with Crippen molar-refractivity contribution in [1.29, 1.82) is 0 Å². The summed E-state index contributed by atoms with van der Waals surface area (Å²) < 4.78 is 28.8. The molecule has 1 N–H and O–H groups in total. The van der Waals surface area contributed by atoms with Crippen LogP contribution in [0, 0.1) is 27.7 Å². The molecule has 0 saturated carbocycles. The molecule has 4 rings (SSSR count). The summed E-state index contributed by atoms with van der Waals surface area (Å²) in [6.45, 7) is 10.5. The molecule has 1 fully saturated rings. The van der Waals surface area contributed by atoms with Crippen LogP contribution in [0.3, 0.4) is 0 Å². The second kappa shape index (κ2) is 10.1. The van der Waals surface area contributed by atoms with Gasteiger partial charge >= 0.3 is 0 Å². The first-order valence-corrected chi connectivity index (χ1v) is 13.4. The number of hydrogen-bond acceptors (Lipinski definition) is 4. The lowest BCUT2D eigenvalue weighted by Crippen LogP contribution is -2.49. The zero-order valence-electron chi connectivity index (χ0n) is 20.8. The van der Waals surface area contributed by atoms with E-state index in [1.165, 1.54) is 0 Å². The molecule has 0 spiro atoms. The highest BCUT2D eigenvalue weighted by Gasteiger charge is 2.23. The van der Waals surface area contributed by atoms with Gasteiger partial charge in [0, 0.05) is 37.6 Å². The first-order chi connectivity index (χ1) is 16.6. The Labute approximate surface area is 208 Å². The third kappa shape index (κ3) is 5.85. The second-order valence-electron chi connectivity index (χ2n) is 9.41. The Morgan fingerprint density at radius 1 is 0.829 bits per heavy atom. The van der Waals surface area contributed by atoms with Gasteiger partial charge in [-0.25, -0.2) is 8.42 Å². The molecule has 6 nitrogen and oxygen atoms in total. The van der Waals surface area contributed by atoms with Crippen LogP contribution in [0.2, 0.25) is 0 Å². The molecular weight excluding hydrogens is 458 g/mol. The van der Waals surface area contributed by atoms with E-state index >= 15 is 0 Å². The third-order valence-corrected chi connectivity index (χ3v) is 8.11. The van der Waals surface area contributed by atoms with Crippen LogP contribution in [-0.4, -0.2) is 45.4 Å². The summed E-state index contributed by atoms with van der Waals surface area (Å²) >= 11 is 0. The number of carbonyl (C=O) groups excluding carboxylic acids is 1. The number of amides is 1. The molecule has 0 radical (unpaired) electrons. The first-order valence-electron chi connectivity index (χ1n) is 11.9. The summed E-state index contributed by atoms with van der Waals surface area (Å²) in [6.07, 6.45) is 0.427. The van der Waals surface area contributed by atoms with Crippen LogP contribution in [0.5, 0.6) is 0 Å². The summed E-state index contributed by atoms with van der Waals surface area (Å²) in [5.41, 5.74) is 6.27. The monoisotopic (exact) mass is 491 g/mol. The van der Waals surface area contributed by atoms with Crippen LogP contribution in [0.25, 0.3) is 0 Å². The Balaban J connectivity index is 1.36. The van der Waals surface area contributed by atoms with E-state index in [0.29, 0.717) is 30.1 Å². The number of nitrogens with one attached hydrogen (secondary N) is 1. The topological polar surface area (TPSA) is 69.7 Å². The molecule has 7 heteroatoms. The Morgan fingerprint density at radius 2 is 1.46 bits per heavy atom. The number of hydrogen-bond donors (Lipinski definition) is 1. The van der Waals surface area contributed by atoms with Crippen molar-refractivity contribution in [2.75, 3.05) is 35.8 Å². The number of nitrogens with zero attached hydrogens (tertiary/aromatic N) is 2. The first kappa shape index (κ1) is 24.8. The SMILES string of the molecule is Cc1cccc(CC(=O)N2CCN(c3ccc(NS(=O)(=O)c4c(C)cc(C)cc4C)cc3)CC2)c1. The molecule has 1 aliphatic heterocycles. The molecule has 0 aliphatic carbocycles. The number of aryl methyl sites for hydroxylation is 4. The minimum atomic E-state index is -3.68. The standard InChI is InChI=1S/C28H33N3O3S/c1-20-6-5-7-24(18-20)19-27(32)31-14-12-30(13-15-31)26-10-8-25(9-11-26)29-35(33,34)28-22(3)16-21(2)17-23(28)4/h5-11,16-18,29H,12-15,19H2,1-4H3. The van der Waals surface area contributed by atoms with Crippen molar-refractivity contribution < 1.29 is 13.2 Å². The van der Waals surface area contributed by atoms with Crippen LogP contribution in [0.15, 0.2) is 65.6 Å². The number of anilines is 2. The Morgan fingerprint density at radius 3 is 2.06 bits per heavy atom. The maximum absolute atomic E-state index is 13.0. The number of sulfonamides is 1. The molecular formula is C28H33N3O3S. The van der Waals surface area contributed by atoms with Gasteiger partial charge in [-0.05, 0) is 68.7 Å². The summed E-state index contributed by atoms with van der Waals surface area (Å²) in [7, 11) is -3.68. The molecule has 0 aromatic heterocycles. The summed E-state index contributed by atoms with van der Waals surface area (Å²) in [6, 6.07) is 19.3. The molecule has 0 unspecified atom stereocenters. The van der Waals surface area contributed by atoms with Gasteiger partial charge < -0.3 is 9.80 Å². The normalized spacial score (nSPS) is 14.2. The predicted molar refractivity (Wildman–Crippen MR) is 142 cm³/mol. The van der Waals surface area contributed by atoms with Crippen molar-refractivity contribution >= 4 is 27.3 Å². The molecule has 1 aliphatic rings. The fourth-order valence-electron chi connectivity index (χ4n) is 4.86. The average molecular weight is 492 g/mol. The van der Waals surface area contributed by atoms with Gasteiger partial charge in [-0.15, -0.1) is 0 Å². The third-order valence-electron chi connectivity index (χ3n) is 6.43. The molecule has 3 aromatic rings. The van der Waals surface area contributed by atoms with E-state index in [1.807, 2.05) is 75.1 Å². The fraction of sp³-hybridized carbons (Fsp3) is 0.321. The van der Waals surface area contributed by atoms with E-state index in [0.717, 1.165) is 46.6 Å². The lowest BCUT2D eigenvalue weighted by atomic mass is 10.1. The van der Waals surface area contributed by atoms with Gasteiger partial charge in [0.15, 0.2) is 0 Å². The van der Waals surface area contributed by atoms with Crippen molar-refractivity contribution in [1.82, 2.24) is 4.90 Å². The van der Waals surface area contributed by atoms with Gasteiger partial charge in [0.05, 0.1) is 11.3 Å². The lowest BCUT2D eigenvalue weighted by Gasteiger charge is -2.36. The van der Waals surface area contributed by atoms with Gasteiger partial charge in [-0.3, -0.25) is 9.52 Å². The number of piperazine rings is 1. The summed E-state index contributed by atoms with van der Waals surface area (Å²) in [5, 5.41) is 0. The second-order valence-corrected chi connectivity index (χ2v) is 11.0. The van der Waals surface area contributed by atoms with E-state index in [4.69, 9.17) is 0 Å². The largest absolute Gasteiger partial charge is 0.368 e. The number of rotatable bonds is 6. The van der Waals surface area contributed by atoms with Gasteiger partial charge in [-0.1, -0.05) is 47.5 Å². The number of benzene rings is 3. The Bertz CT molecular complexity index is 1300. The van der Waals surface area contributed by atoms with Crippen LogP contribution in [0.1, 0.15) is 27.8 Å². The molecule has 1 amide bonds.